The van der Waals surface area contributed by atoms with E-state index in [0.29, 0.717) is 29.7 Å². The molecule has 0 aromatic carbocycles. The van der Waals surface area contributed by atoms with Crippen molar-refractivity contribution in [3.8, 4) is 11.3 Å². The third-order valence-electron chi connectivity index (χ3n) is 6.55. The number of anilines is 3. The van der Waals surface area contributed by atoms with Crippen molar-refractivity contribution in [3.05, 3.63) is 71.8 Å². The summed E-state index contributed by atoms with van der Waals surface area (Å²) in [7, 11) is 0. The van der Waals surface area contributed by atoms with Gasteiger partial charge in [-0.3, -0.25) is 14.2 Å². The van der Waals surface area contributed by atoms with Crippen molar-refractivity contribution in [2.75, 3.05) is 11.1 Å². The summed E-state index contributed by atoms with van der Waals surface area (Å²) < 4.78 is 26.7. The molecule has 5 N–H and O–H groups in total. The number of nitrogens with zero attached hydrogens (tertiary/aromatic N) is 7. The number of hydrogen-bond donors (Lipinski definition) is 4. The second-order valence-corrected chi connectivity index (χ2v) is 9.60. The molecule has 0 saturated carbocycles. The molecule has 0 bridgehead atoms. The zero-order valence-corrected chi connectivity index (χ0v) is 20.7. The number of hydrogen-bond acceptors (Lipinski definition) is 8. The van der Waals surface area contributed by atoms with Gasteiger partial charge in [-0.2, -0.15) is 5.10 Å². The Morgan fingerprint density at radius 2 is 2.05 bits per heavy atom. The Hall–Kier alpha value is -4.20. The van der Waals surface area contributed by atoms with Gasteiger partial charge < -0.3 is 15.6 Å². The van der Waals surface area contributed by atoms with Gasteiger partial charge >= 0.3 is 0 Å². The first kappa shape index (κ1) is 23.2. The van der Waals surface area contributed by atoms with Crippen LogP contribution in [0.15, 0.2) is 49.2 Å². The molecule has 13 heteroatoms. The van der Waals surface area contributed by atoms with E-state index in [9.17, 15) is 4.21 Å². The third kappa shape index (κ3) is 4.55. The fourth-order valence-electron chi connectivity index (χ4n) is 4.57. The van der Waals surface area contributed by atoms with Gasteiger partial charge in [0, 0.05) is 73.2 Å². The molecule has 1 aliphatic rings. The van der Waals surface area contributed by atoms with E-state index >= 15 is 0 Å². The lowest BCUT2D eigenvalue weighted by molar-refractivity contribution is 0.548. The molecule has 0 spiro atoms. The predicted molar refractivity (Wildman–Crippen MR) is 140 cm³/mol. The van der Waals surface area contributed by atoms with Gasteiger partial charge in [0.25, 0.3) is 0 Å². The highest BCUT2D eigenvalue weighted by molar-refractivity contribution is 7.77. The molecule has 6 heterocycles. The number of aryl methyl sites for hydroxylation is 2. The lowest BCUT2D eigenvalue weighted by Crippen LogP contribution is -2.16. The van der Waals surface area contributed by atoms with Crippen LogP contribution in [0.1, 0.15) is 22.6 Å². The van der Waals surface area contributed by atoms with E-state index in [-0.39, 0.29) is 6.54 Å². The van der Waals surface area contributed by atoms with Crippen LogP contribution in [0.2, 0.25) is 0 Å². The zero-order chi connectivity index (χ0) is 25.5. The van der Waals surface area contributed by atoms with E-state index in [2.05, 4.69) is 34.5 Å². The highest BCUT2D eigenvalue weighted by atomic mass is 32.2. The summed E-state index contributed by atoms with van der Waals surface area (Å²) in [6.45, 7) is 3.61. The van der Waals surface area contributed by atoms with Gasteiger partial charge in [-0.25, -0.2) is 23.9 Å². The van der Waals surface area contributed by atoms with Crippen LogP contribution in [0.3, 0.4) is 0 Å². The van der Waals surface area contributed by atoms with E-state index in [1.165, 1.54) is 0 Å². The average Bonchev–Trinajstić information content (AvgIpc) is 3.44. The van der Waals surface area contributed by atoms with E-state index in [1.807, 2.05) is 42.2 Å². The first-order valence-electron chi connectivity index (χ1n) is 11.6. The minimum atomic E-state index is -2.11. The van der Waals surface area contributed by atoms with Gasteiger partial charge in [0.05, 0.1) is 12.2 Å². The van der Waals surface area contributed by atoms with E-state index in [1.54, 1.807) is 18.6 Å². The summed E-state index contributed by atoms with van der Waals surface area (Å²) in [4.78, 5) is 17.8. The van der Waals surface area contributed by atoms with E-state index in [4.69, 9.17) is 15.4 Å². The number of nitrogen functional groups attached to an aromatic ring is 1. The molecule has 5 aromatic rings. The van der Waals surface area contributed by atoms with Crippen LogP contribution in [-0.2, 0) is 37.3 Å². The Bertz CT molecular complexity index is 1660. The van der Waals surface area contributed by atoms with Crippen LogP contribution in [0.5, 0.6) is 0 Å². The Balaban J connectivity index is 1.30. The molecule has 0 aliphatic carbocycles. The first-order valence-corrected chi connectivity index (χ1v) is 12.7. The Labute approximate surface area is 214 Å². The van der Waals surface area contributed by atoms with Gasteiger partial charge in [0.2, 0.25) is 11.3 Å². The molecule has 1 aliphatic heterocycles. The van der Waals surface area contributed by atoms with E-state index in [0.717, 1.165) is 51.9 Å². The maximum absolute atomic E-state index is 11.0. The zero-order valence-electron chi connectivity index (χ0n) is 19.9. The average molecular weight is 517 g/mol. The van der Waals surface area contributed by atoms with Crippen LogP contribution < -0.4 is 15.8 Å². The molecule has 6 rings (SSSR count). The third-order valence-corrected chi connectivity index (χ3v) is 6.94. The molecule has 0 radical (unpaired) electrons. The van der Waals surface area contributed by atoms with Crippen LogP contribution >= 0.6 is 0 Å². The van der Waals surface area contributed by atoms with Gasteiger partial charge in [-0.1, -0.05) is 0 Å². The van der Waals surface area contributed by atoms with Crippen LogP contribution in [0, 0.1) is 6.92 Å². The highest BCUT2D eigenvalue weighted by Crippen LogP contribution is 2.30. The molecule has 37 heavy (non-hydrogen) atoms. The molecule has 188 valence electrons. The normalized spacial score (nSPS) is 13.7. The quantitative estimate of drug-likeness (QED) is 0.249. The summed E-state index contributed by atoms with van der Waals surface area (Å²) in [5.74, 6) is 2.69. The number of imidazole rings is 1. The summed E-state index contributed by atoms with van der Waals surface area (Å²) in [5, 5.41) is 9.63. The smallest absolute Gasteiger partial charge is 0.232 e. The largest absolute Gasteiger partial charge is 0.383 e. The first-order chi connectivity index (χ1) is 17.9. The fraction of sp³-hybridized carbons (Fsp3) is 0.208. The van der Waals surface area contributed by atoms with Crippen LogP contribution in [-0.4, -0.2) is 43.0 Å². The maximum Gasteiger partial charge on any atom is 0.232 e. The van der Waals surface area contributed by atoms with Gasteiger partial charge in [0.15, 0.2) is 5.82 Å². The number of aromatic nitrogens is 7. The van der Waals surface area contributed by atoms with Crippen molar-refractivity contribution in [3.63, 3.8) is 0 Å². The number of nitrogens with two attached hydrogens (primary N) is 1. The van der Waals surface area contributed by atoms with Crippen molar-refractivity contribution in [2.24, 2.45) is 0 Å². The minimum absolute atomic E-state index is 0.202. The number of pyridine rings is 3. The number of nitrogens with one attached hydrogen (secondary N) is 2. The van der Waals surface area contributed by atoms with Crippen LogP contribution in [0.4, 0.5) is 17.5 Å². The second kappa shape index (κ2) is 9.35. The molecule has 5 aromatic heterocycles. The standard InChI is InChI=1S/C24H24N10O2S/c1-14-16(10-29-37(35)36)9-26-11-18(14)20-6-15-7-21(28-12-19(15)24(25)30-20)31-22-8-17-2-4-33-5-3-27-23(33)13-34(17)32-22/h3,5-9,11-12,29H,2,4,10,13H2,1H3,(H2,25,30)(H,35,36)(H,28,31,32). The SMILES string of the molecule is Cc1c(CNS(=O)O)cncc1-c1cc2cc(Nc3cc4n(n3)Cc3nccn3CC4)ncc2c(N)n1. The van der Waals surface area contributed by atoms with Crippen molar-refractivity contribution < 1.29 is 8.76 Å². The lowest BCUT2D eigenvalue weighted by atomic mass is 10.0. The molecule has 0 fully saturated rings. The number of rotatable bonds is 6. The van der Waals surface area contributed by atoms with Gasteiger partial charge in [-0.05, 0) is 35.6 Å². The molecular formula is C24H24N10O2S. The molecule has 1 atom stereocenters. The maximum atomic E-state index is 11.0. The molecule has 12 nitrogen and oxygen atoms in total. The van der Waals surface area contributed by atoms with Gasteiger partial charge in [0.1, 0.15) is 17.5 Å². The van der Waals surface area contributed by atoms with Crippen molar-refractivity contribution in [2.45, 2.75) is 33.0 Å². The Morgan fingerprint density at radius 1 is 1.16 bits per heavy atom. The lowest BCUT2D eigenvalue weighted by Gasteiger charge is -2.12. The number of fused-ring (bicyclic) bond motifs is 3. The van der Waals surface area contributed by atoms with Crippen LogP contribution in [0.25, 0.3) is 22.0 Å². The summed E-state index contributed by atoms with van der Waals surface area (Å²) >= 11 is -2.11. The second-order valence-electron chi connectivity index (χ2n) is 8.82. The molecular weight excluding hydrogens is 492 g/mol. The molecule has 0 amide bonds. The molecule has 0 saturated heterocycles. The van der Waals surface area contributed by atoms with Crippen molar-refractivity contribution in [1.29, 1.82) is 0 Å². The Kier molecular flexibility index (Phi) is 5.87. The summed E-state index contributed by atoms with van der Waals surface area (Å²) in [5.41, 5.74) is 10.6. The summed E-state index contributed by atoms with van der Waals surface area (Å²) in [6, 6.07) is 5.89. The van der Waals surface area contributed by atoms with Crippen molar-refractivity contribution >= 4 is 39.5 Å². The minimum Gasteiger partial charge on any atom is -0.383 e. The Morgan fingerprint density at radius 3 is 2.92 bits per heavy atom. The topological polar surface area (TPSA) is 162 Å². The van der Waals surface area contributed by atoms with Crippen molar-refractivity contribution in [1.82, 2.24) is 39.0 Å². The predicted octanol–water partition coefficient (Wildman–Crippen LogP) is 2.55. The summed E-state index contributed by atoms with van der Waals surface area (Å²) in [6.07, 6.45) is 9.76. The highest BCUT2D eigenvalue weighted by Gasteiger charge is 2.17. The van der Waals surface area contributed by atoms with E-state index < -0.39 is 11.3 Å². The molecule has 1 unspecified atom stereocenters. The van der Waals surface area contributed by atoms with Gasteiger partial charge in [-0.15, -0.1) is 0 Å². The monoisotopic (exact) mass is 516 g/mol. The fourth-order valence-corrected chi connectivity index (χ4v) is 4.85.